The Labute approximate surface area is 172 Å². The summed E-state index contributed by atoms with van der Waals surface area (Å²) in [5.74, 6) is 0.397. The molecule has 28 heavy (non-hydrogen) atoms. The average molecular weight is 399 g/mol. The number of nitrogens with zero attached hydrogens (tertiary/aromatic N) is 1. The number of amides is 1. The first-order valence-corrected chi connectivity index (χ1v) is 10.9. The van der Waals surface area contributed by atoms with Crippen LogP contribution in [0.4, 0.5) is 0 Å². The highest BCUT2D eigenvalue weighted by Gasteiger charge is 2.09. The first kappa shape index (κ1) is 22.2. The van der Waals surface area contributed by atoms with Crippen LogP contribution >= 0.6 is 11.8 Å². The highest BCUT2D eigenvalue weighted by Crippen LogP contribution is 2.20. The molecule has 0 saturated carbocycles. The fourth-order valence-electron chi connectivity index (χ4n) is 2.89. The molecule has 1 N–H and O–H groups in total. The average Bonchev–Trinajstić information content (AvgIpc) is 2.75. The van der Waals surface area contributed by atoms with E-state index in [-0.39, 0.29) is 11.7 Å². The second-order valence-corrected chi connectivity index (χ2v) is 7.64. The van der Waals surface area contributed by atoms with Gasteiger partial charge in [-0.3, -0.25) is 9.59 Å². The second-order valence-electron chi connectivity index (χ2n) is 6.60. The van der Waals surface area contributed by atoms with Gasteiger partial charge in [0.2, 0.25) is 0 Å². The number of unbranched alkanes of at least 4 members (excludes halogenated alkanes) is 1. The Balaban J connectivity index is 1.77. The lowest BCUT2D eigenvalue weighted by Crippen LogP contribution is -2.27. The SMILES string of the molecule is CCN(CC)CCCCNC(=O)c1cccc(SCC(=O)c2ccccc2)c1. The third kappa shape index (κ3) is 7.49. The van der Waals surface area contributed by atoms with Crippen molar-refractivity contribution >= 4 is 23.5 Å². The number of rotatable bonds is 12. The maximum absolute atomic E-state index is 12.4. The van der Waals surface area contributed by atoms with Crippen LogP contribution in [0.5, 0.6) is 0 Å². The van der Waals surface area contributed by atoms with E-state index in [0.29, 0.717) is 23.4 Å². The van der Waals surface area contributed by atoms with Gasteiger partial charge in [-0.15, -0.1) is 11.8 Å². The van der Waals surface area contributed by atoms with Crippen LogP contribution in [0.15, 0.2) is 59.5 Å². The summed E-state index contributed by atoms with van der Waals surface area (Å²) in [6, 6.07) is 16.8. The normalized spacial score (nSPS) is 10.8. The van der Waals surface area contributed by atoms with Crippen molar-refractivity contribution in [2.45, 2.75) is 31.6 Å². The number of thioether (sulfide) groups is 1. The molecule has 2 rings (SSSR count). The van der Waals surface area contributed by atoms with Gasteiger partial charge in [-0.25, -0.2) is 0 Å². The van der Waals surface area contributed by atoms with Crippen molar-refractivity contribution in [2.24, 2.45) is 0 Å². The van der Waals surface area contributed by atoms with Gasteiger partial charge in [0.1, 0.15) is 0 Å². The molecule has 0 unspecified atom stereocenters. The summed E-state index contributed by atoms with van der Waals surface area (Å²) in [6.07, 6.45) is 2.06. The molecule has 0 bridgehead atoms. The smallest absolute Gasteiger partial charge is 0.251 e. The molecule has 0 saturated heterocycles. The Bertz CT molecular complexity index is 745. The summed E-state index contributed by atoms with van der Waals surface area (Å²) in [4.78, 5) is 27.9. The molecule has 0 aliphatic rings. The number of ketones is 1. The lowest BCUT2D eigenvalue weighted by molar-refractivity contribution is 0.0951. The minimum Gasteiger partial charge on any atom is -0.352 e. The number of Topliss-reactive ketones (excluding diaryl/α,β-unsaturated/α-hetero) is 1. The van der Waals surface area contributed by atoms with Crippen molar-refractivity contribution in [3.63, 3.8) is 0 Å². The number of carbonyl (C=O) groups excluding carboxylic acids is 2. The highest BCUT2D eigenvalue weighted by molar-refractivity contribution is 8.00. The van der Waals surface area contributed by atoms with Crippen LogP contribution in [-0.2, 0) is 0 Å². The molecule has 0 aromatic heterocycles. The summed E-state index contributed by atoms with van der Waals surface area (Å²) >= 11 is 1.46. The Hall–Kier alpha value is -2.11. The van der Waals surface area contributed by atoms with Gasteiger partial charge in [-0.05, 0) is 50.7 Å². The van der Waals surface area contributed by atoms with Gasteiger partial charge in [0.15, 0.2) is 5.78 Å². The van der Waals surface area contributed by atoms with Gasteiger partial charge in [0.05, 0.1) is 5.75 Å². The van der Waals surface area contributed by atoms with Crippen molar-refractivity contribution in [3.8, 4) is 0 Å². The third-order valence-electron chi connectivity index (χ3n) is 4.64. The van der Waals surface area contributed by atoms with Crippen LogP contribution in [0.25, 0.3) is 0 Å². The van der Waals surface area contributed by atoms with Crippen LogP contribution in [-0.4, -0.2) is 48.5 Å². The van der Waals surface area contributed by atoms with E-state index < -0.39 is 0 Å². The fraction of sp³-hybridized carbons (Fsp3) is 0.391. The number of benzene rings is 2. The number of carbonyl (C=O) groups is 2. The summed E-state index contributed by atoms with van der Waals surface area (Å²) in [5, 5.41) is 2.99. The van der Waals surface area contributed by atoms with E-state index in [2.05, 4.69) is 24.1 Å². The maximum atomic E-state index is 12.4. The number of hydrogen-bond acceptors (Lipinski definition) is 4. The lowest BCUT2D eigenvalue weighted by atomic mass is 10.2. The van der Waals surface area contributed by atoms with Crippen LogP contribution in [0.2, 0.25) is 0 Å². The molecule has 5 heteroatoms. The Morgan fingerprint density at radius 2 is 1.64 bits per heavy atom. The largest absolute Gasteiger partial charge is 0.352 e. The minimum absolute atomic E-state index is 0.0559. The topological polar surface area (TPSA) is 49.4 Å². The van der Waals surface area contributed by atoms with E-state index in [9.17, 15) is 9.59 Å². The molecule has 0 atom stereocenters. The van der Waals surface area contributed by atoms with Gasteiger partial charge in [-0.2, -0.15) is 0 Å². The third-order valence-corrected chi connectivity index (χ3v) is 5.64. The summed E-state index contributed by atoms with van der Waals surface area (Å²) in [5.41, 5.74) is 1.36. The van der Waals surface area contributed by atoms with Gasteiger partial charge in [0.25, 0.3) is 5.91 Å². The second kappa shape index (κ2) is 12.4. The van der Waals surface area contributed by atoms with E-state index in [1.54, 1.807) is 0 Å². The molecule has 0 aliphatic carbocycles. The van der Waals surface area contributed by atoms with Crippen LogP contribution in [0.3, 0.4) is 0 Å². The van der Waals surface area contributed by atoms with Crippen LogP contribution in [0.1, 0.15) is 47.4 Å². The van der Waals surface area contributed by atoms with Gasteiger partial charge < -0.3 is 10.2 Å². The van der Waals surface area contributed by atoms with Crippen molar-refractivity contribution in [3.05, 3.63) is 65.7 Å². The predicted molar refractivity (Wildman–Crippen MR) is 117 cm³/mol. The van der Waals surface area contributed by atoms with E-state index in [1.807, 2.05) is 54.6 Å². The molecule has 0 radical (unpaired) electrons. The zero-order valence-electron chi connectivity index (χ0n) is 16.8. The monoisotopic (exact) mass is 398 g/mol. The first-order valence-electron chi connectivity index (χ1n) is 9.95. The minimum atomic E-state index is -0.0559. The van der Waals surface area contributed by atoms with Crippen molar-refractivity contribution in [1.29, 1.82) is 0 Å². The van der Waals surface area contributed by atoms with E-state index >= 15 is 0 Å². The molecule has 0 spiro atoms. The first-order chi connectivity index (χ1) is 13.6. The molecule has 2 aromatic carbocycles. The molecule has 1 amide bonds. The molecule has 2 aromatic rings. The maximum Gasteiger partial charge on any atom is 0.251 e. The van der Waals surface area contributed by atoms with Crippen molar-refractivity contribution in [1.82, 2.24) is 10.2 Å². The van der Waals surface area contributed by atoms with E-state index in [1.165, 1.54) is 11.8 Å². The highest BCUT2D eigenvalue weighted by atomic mass is 32.2. The lowest BCUT2D eigenvalue weighted by Gasteiger charge is -2.17. The Kier molecular flexibility index (Phi) is 9.80. The predicted octanol–water partition coefficient (Wildman–Crippen LogP) is 4.51. The summed E-state index contributed by atoms with van der Waals surface area (Å²) < 4.78 is 0. The number of nitrogens with one attached hydrogen (secondary N) is 1. The van der Waals surface area contributed by atoms with Crippen molar-refractivity contribution in [2.75, 3.05) is 31.9 Å². The quantitative estimate of drug-likeness (QED) is 0.325. The number of hydrogen-bond donors (Lipinski definition) is 1. The molecule has 0 aliphatic heterocycles. The Morgan fingerprint density at radius 3 is 2.36 bits per heavy atom. The zero-order chi connectivity index (χ0) is 20.2. The van der Waals surface area contributed by atoms with Gasteiger partial charge in [0, 0.05) is 22.6 Å². The van der Waals surface area contributed by atoms with Gasteiger partial charge >= 0.3 is 0 Å². The summed E-state index contributed by atoms with van der Waals surface area (Å²) in [7, 11) is 0. The standard InChI is InChI=1S/C23H30N2O2S/c1-3-25(4-2)16-9-8-15-24-23(27)20-13-10-14-21(17-20)28-18-22(26)19-11-6-5-7-12-19/h5-7,10-14,17H,3-4,8-9,15-16,18H2,1-2H3,(H,24,27). The molecule has 4 nitrogen and oxygen atoms in total. The molecular formula is C23H30N2O2S. The van der Waals surface area contributed by atoms with Crippen LogP contribution in [0, 0.1) is 0 Å². The zero-order valence-corrected chi connectivity index (χ0v) is 17.6. The van der Waals surface area contributed by atoms with Gasteiger partial charge in [-0.1, -0.05) is 50.2 Å². The van der Waals surface area contributed by atoms with Crippen molar-refractivity contribution < 1.29 is 9.59 Å². The molecular weight excluding hydrogens is 368 g/mol. The fourth-order valence-corrected chi connectivity index (χ4v) is 3.74. The Morgan fingerprint density at radius 1 is 0.929 bits per heavy atom. The molecule has 0 heterocycles. The van der Waals surface area contributed by atoms with E-state index in [0.717, 1.165) is 37.4 Å². The summed E-state index contributed by atoms with van der Waals surface area (Å²) in [6.45, 7) is 8.24. The molecule has 0 fully saturated rings. The molecule has 150 valence electrons. The van der Waals surface area contributed by atoms with Crippen LogP contribution < -0.4 is 5.32 Å². The van der Waals surface area contributed by atoms with E-state index in [4.69, 9.17) is 0 Å².